The molecule has 3 rings (SSSR count). The topological polar surface area (TPSA) is 47.6 Å². The predicted molar refractivity (Wildman–Crippen MR) is 100 cm³/mol. The monoisotopic (exact) mass is 357 g/mol. The third kappa shape index (κ3) is 4.59. The Labute approximate surface area is 149 Å². The van der Waals surface area contributed by atoms with Crippen LogP contribution in [-0.4, -0.2) is 23.4 Å². The molecule has 4 nitrogen and oxygen atoms in total. The summed E-state index contributed by atoms with van der Waals surface area (Å²) in [5.41, 5.74) is 0.922. The fourth-order valence-corrected chi connectivity index (χ4v) is 3.11. The summed E-state index contributed by atoms with van der Waals surface area (Å²) in [5, 5.41) is 2.59. The summed E-state index contributed by atoms with van der Waals surface area (Å²) < 4.78 is 11.7. The summed E-state index contributed by atoms with van der Waals surface area (Å²) >= 11 is 6.23. The Morgan fingerprint density at radius 1 is 0.958 bits per heavy atom. The number of carbonyl (C=O) groups is 1. The number of thioether (sulfide) groups is 1. The van der Waals surface area contributed by atoms with Crippen LogP contribution in [-0.2, 0) is 4.79 Å². The SMILES string of the molecule is O=C1NC(=S)SC1=Cc1ccc(OCCOc2ccccc2)cc1. The van der Waals surface area contributed by atoms with E-state index in [9.17, 15) is 4.79 Å². The van der Waals surface area contributed by atoms with E-state index in [1.807, 2.05) is 60.7 Å². The third-order valence-electron chi connectivity index (χ3n) is 3.18. The van der Waals surface area contributed by atoms with Crippen LogP contribution in [0.25, 0.3) is 6.08 Å². The Balaban J connectivity index is 1.49. The number of benzene rings is 2. The van der Waals surface area contributed by atoms with Gasteiger partial charge in [0.15, 0.2) is 0 Å². The minimum Gasteiger partial charge on any atom is -0.490 e. The molecule has 1 saturated heterocycles. The lowest BCUT2D eigenvalue weighted by Crippen LogP contribution is -2.17. The van der Waals surface area contributed by atoms with Gasteiger partial charge in [-0.2, -0.15) is 0 Å². The molecule has 0 saturated carbocycles. The summed E-state index contributed by atoms with van der Waals surface area (Å²) in [6.45, 7) is 0.936. The number of nitrogens with one attached hydrogen (secondary N) is 1. The molecular weight excluding hydrogens is 342 g/mol. The molecule has 1 heterocycles. The normalized spacial score (nSPS) is 15.4. The van der Waals surface area contributed by atoms with E-state index in [1.54, 1.807) is 0 Å². The van der Waals surface area contributed by atoms with Crippen LogP contribution >= 0.6 is 24.0 Å². The van der Waals surface area contributed by atoms with E-state index in [2.05, 4.69) is 5.32 Å². The Bertz CT molecular complexity index is 758. The fourth-order valence-electron chi connectivity index (χ4n) is 2.07. The van der Waals surface area contributed by atoms with Gasteiger partial charge in [-0.25, -0.2) is 0 Å². The average Bonchev–Trinajstić information content (AvgIpc) is 2.91. The van der Waals surface area contributed by atoms with E-state index in [4.69, 9.17) is 21.7 Å². The van der Waals surface area contributed by atoms with Gasteiger partial charge in [0.05, 0.1) is 4.91 Å². The van der Waals surface area contributed by atoms with Gasteiger partial charge in [0, 0.05) is 0 Å². The molecule has 1 fully saturated rings. The molecule has 1 N–H and O–H groups in total. The van der Waals surface area contributed by atoms with Crippen LogP contribution in [0.1, 0.15) is 5.56 Å². The van der Waals surface area contributed by atoms with Crippen LogP contribution in [0.15, 0.2) is 59.5 Å². The van der Waals surface area contributed by atoms with Crippen LogP contribution in [0.2, 0.25) is 0 Å². The number of hydrogen-bond donors (Lipinski definition) is 1. The molecule has 1 aliphatic heterocycles. The number of thiocarbonyl (C=S) groups is 1. The van der Waals surface area contributed by atoms with Gasteiger partial charge in [0.1, 0.15) is 29.0 Å². The summed E-state index contributed by atoms with van der Waals surface area (Å²) in [6, 6.07) is 17.1. The summed E-state index contributed by atoms with van der Waals surface area (Å²) in [4.78, 5) is 12.2. The highest BCUT2D eigenvalue weighted by atomic mass is 32.2. The zero-order valence-electron chi connectivity index (χ0n) is 12.7. The second kappa shape index (κ2) is 7.99. The Kier molecular flexibility index (Phi) is 5.51. The lowest BCUT2D eigenvalue weighted by molar-refractivity contribution is -0.115. The summed E-state index contributed by atoms with van der Waals surface area (Å²) in [7, 11) is 0. The van der Waals surface area contributed by atoms with Gasteiger partial charge in [0.2, 0.25) is 0 Å². The molecule has 6 heteroatoms. The Morgan fingerprint density at radius 2 is 1.58 bits per heavy atom. The molecule has 2 aromatic carbocycles. The molecule has 24 heavy (non-hydrogen) atoms. The first-order chi connectivity index (χ1) is 11.7. The van der Waals surface area contributed by atoms with Crippen molar-refractivity contribution in [2.45, 2.75) is 0 Å². The fraction of sp³-hybridized carbons (Fsp3) is 0.111. The number of para-hydroxylation sites is 1. The van der Waals surface area contributed by atoms with Crippen molar-refractivity contribution in [2.24, 2.45) is 0 Å². The van der Waals surface area contributed by atoms with E-state index < -0.39 is 0 Å². The van der Waals surface area contributed by atoms with E-state index in [-0.39, 0.29) is 5.91 Å². The number of carbonyl (C=O) groups excluding carboxylic acids is 1. The Hall–Kier alpha value is -2.31. The van der Waals surface area contributed by atoms with Crippen LogP contribution in [0, 0.1) is 0 Å². The molecule has 0 atom stereocenters. The first-order valence-electron chi connectivity index (χ1n) is 7.36. The minimum absolute atomic E-state index is 0.150. The molecule has 1 aliphatic rings. The van der Waals surface area contributed by atoms with Crippen molar-refractivity contribution in [3.05, 3.63) is 65.1 Å². The van der Waals surface area contributed by atoms with Gasteiger partial charge in [-0.05, 0) is 35.9 Å². The lowest BCUT2D eigenvalue weighted by atomic mass is 10.2. The molecule has 0 radical (unpaired) electrons. The van der Waals surface area contributed by atoms with Crippen molar-refractivity contribution in [2.75, 3.05) is 13.2 Å². The molecule has 1 amide bonds. The van der Waals surface area contributed by atoms with Crippen molar-refractivity contribution in [3.63, 3.8) is 0 Å². The van der Waals surface area contributed by atoms with E-state index in [0.29, 0.717) is 22.4 Å². The van der Waals surface area contributed by atoms with E-state index in [0.717, 1.165) is 17.1 Å². The zero-order chi connectivity index (χ0) is 16.8. The predicted octanol–water partition coefficient (Wildman–Crippen LogP) is 3.63. The van der Waals surface area contributed by atoms with Crippen molar-refractivity contribution in [1.82, 2.24) is 5.32 Å². The first-order valence-corrected chi connectivity index (χ1v) is 8.59. The molecule has 0 unspecified atom stereocenters. The molecule has 0 aliphatic carbocycles. The molecular formula is C18H15NO3S2. The largest absolute Gasteiger partial charge is 0.490 e. The van der Waals surface area contributed by atoms with Gasteiger partial charge in [0.25, 0.3) is 5.91 Å². The van der Waals surface area contributed by atoms with Gasteiger partial charge < -0.3 is 14.8 Å². The smallest absolute Gasteiger partial charge is 0.263 e. The standard InChI is InChI=1S/C18H15NO3S2/c20-17-16(24-18(23)19-17)12-13-6-8-15(9-7-13)22-11-10-21-14-4-2-1-3-5-14/h1-9,12H,10-11H2,(H,19,20,23). The molecule has 0 aromatic heterocycles. The van der Waals surface area contributed by atoms with Gasteiger partial charge in [-0.15, -0.1) is 0 Å². The second-order valence-electron chi connectivity index (χ2n) is 4.93. The highest BCUT2D eigenvalue weighted by Crippen LogP contribution is 2.26. The molecule has 122 valence electrons. The molecule has 0 bridgehead atoms. The van der Waals surface area contributed by atoms with E-state index >= 15 is 0 Å². The number of hydrogen-bond acceptors (Lipinski definition) is 5. The highest BCUT2D eigenvalue weighted by Gasteiger charge is 2.21. The molecule has 0 spiro atoms. The van der Waals surface area contributed by atoms with Crippen molar-refractivity contribution >= 4 is 40.3 Å². The van der Waals surface area contributed by atoms with Crippen LogP contribution in [0.3, 0.4) is 0 Å². The first kappa shape index (κ1) is 16.5. The molecule has 2 aromatic rings. The zero-order valence-corrected chi connectivity index (χ0v) is 14.4. The van der Waals surface area contributed by atoms with Gasteiger partial charge in [-0.1, -0.05) is 54.3 Å². The van der Waals surface area contributed by atoms with Crippen LogP contribution in [0.5, 0.6) is 11.5 Å². The number of ether oxygens (including phenoxy) is 2. The van der Waals surface area contributed by atoms with Gasteiger partial charge in [-0.3, -0.25) is 4.79 Å². The highest BCUT2D eigenvalue weighted by molar-refractivity contribution is 8.26. The maximum Gasteiger partial charge on any atom is 0.263 e. The van der Waals surface area contributed by atoms with Gasteiger partial charge >= 0.3 is 0 Å². The maximum atomic E-state index is 11.6. The van der Waals surface area contributed by atoms with Crippen molar-refractivity contribution < 1.29 is 14.3 Å². The van der Waals surface area contributed by atoms with Crippen molar-refractivity contribution in [3.8, 4) is 11.5 Å². The third-order valence-corrected chi connectivity index (χ3v) is 4.35. The lowest BCUT2D eigenvalue weighted by Gasteiger charge is -2.08. The van der Waals surface area contributed by atoms with E-state index in [1.165, 1.54) is 11.8 Å². The summed E-state index contributed by atoms with van der Waals surface area (Å²) in [6.07, 6.45) is 1.81. The van der Waals surface area contributed by atoms with Crippen LogP contribution < -0.4 is 14.8 Å². The minimum atomic E-state index is -0.150. The Morgan fingerprint density at radius 3 is 2.17 bits per heavy atom. The van der Waals surface area contributed by atoms with Crippen molar-refractivity contribution in [1.29, 1.82) is 0 Å². The van der Waals surface area contributed by atoms with Crippen LogP contribution in [0.4, 0.5) is 0 Å². The average molecular weight is 357 g/mol. The number of amides is 1. The maximum absolute atomic E-state index is 11.6. The number of rotatable bonds is 6. The second-order valence-corrected chi connectivity index (χ2v) is 6.65. The summed E-state index contributed by atoms with van der Waals surface area (Å²) in [5.74, 6) is 1.43. The quantitative estimate of drug-likeness (QED) is 0.486.